The first-order valence-electron chi connectivity index (χ1n) is 5.70. The van der Waals surface area contributed by atoms with Crippen LogP contribution in [0.15, 0.2) is 16.7 Å². The Morgan fingerprint density at radius 3 is 2.94 bits per heavy atom. The second-order valence-corrected chi connectivity index (χ2v) is 5.51. The summed E-state index contributed by atoms with van der Waals surface area (Å²) in [6.07, 6.45) is 3.08. The molecule has 0 spiro atoms. The van der Waals surface area contributed by atoms with Crippen molar-refractivity contribution in [1.82, 2.24) is 4.98 Å². The topological polar surface area (TPSA) is 42.2 Å². The van der Waals surface area contributed by atoms with Gasteiger partial charge in [0.05, 0.1) is 4.47 Å². The lowest BCUT2D eigenvalue weighted by atomic mass is 10.1. The number of hydrogen-bond donors (Lipinski definition) is 1. The summed E-state index contributed by atoms with van der Waals surface area (Å²) in [6, 6.07) is 2.64. The van der Waals surface area contributed by atoms with Crippen molar-refractivity contribution in [2.24, 2.45) is 11.7 Å². The third-order valence-electron chi connectivity index (χ3n) is 3.23. The smallest absolute Gasteiger partial charge is 0.143 e. The Balaban J connectivity index is 2.24. The van der Waals surface area contributed by atoms with Gasteiger partial charge in [0.25, 0.3) is 0 Å². The predicted molar refractivity (Wildman–Crippen MR) is 70.6 cm³/mol. The van der Waals surface area contributed by atoms with Crippen LogP contribution >= 0.6 is 15.9 Å². The van der Waals surface area contributed by atoms with Crippen LogP contribution in [0.1, 0.15) is 18.9 Å². The lowest BCUT2D eigenvalue weighted by molar-refractivity contribution is 0.579. The summed E-state index contributed by atoms with van der Waals surface area (Å²) in [7, 11) is 0. The summed E-state index contributed by atoms with van der Waals surface area (Å²) >= 11 is 3.59. The number of hydrogen-bond acceptors (Lipinski definition) is 3. The number of anilines is 1. The Morgan fingerprint density at radius 1 is 1.62 bits per heavy atom. The normalized spacial score (nSPS) is 25.1. The molecule has 2 heterocycles. The Kier molecular flexibility index (Phi) is 3.50. The van der Waals surface area contributed by atoms with Gasteiger partial charge in [0.15, 0.2) is 0 Å². The molecular formula is C12H18BrN3. The SMILES string of the molecule is Cc1cnc(N2CC(CN)CC2C)c(Br)c1. The first-order chi connectivity index (χ1) is 7.61. The molecule has 1 aromatic heterocycles. The third kappa shape index (κ3) is 2.23. The lowest BCUT2D eigenvalue weighted by Crippen LogP contribution is -2.28. The van der Waals surface area contributed by atoms with Crippen molar-refractivity contribution < 1.29 is 0 Å². The van der Waals surface area contributed by atoms with Crippen molar-refractivity contribution in [1.29, 1.82) is 0 Å². The van der Waals surface area contributed by atoms with Crippen molar-refractivity contribution in [2.45, 2.75) is 26.3 Å². The quantitative estimate of drug-likeness (QED) is 0.906. The van der Waals surface area contributed by atoms with Gasteiger partial charge in [-0.05, 0) is 60.3 Å². The number of halogens is 1. The minimum atomic E-state index is 0.528. The van der Waals surface area contributed by atoms with Crippen molar-refractivity contribution in [3.8, 4) is 0 Å². The van der Waals surface area contributed by atoms with Crippen LogP contribution in [-0.2, 0) is 0 Å². The predicted octanol–water partition coefficient (Wildman–Crippen LogP) is 2.33. The number of aromatic nitrogens is 1. The van der Waals surface area contributed by atoms with Gasteiger partial charge in [-0.2, -0.15) is 0 Å². The standard InChI is InChI=1S/C12H18BrN3/c1-8-3-11(13)12(15-6-8)16-7-10(5-14)4-9(16)2/h3,6,9-10H,4-5,7,14H2,1-2H3. The molecule has 1 saturated heterocycles. The second kappa shape index (κ2) is 4.72. The van der Waals surface area contributed by atoms with E-state index in [9.17, 15) is 0 Å². The number of aryl methyl sites for hydroxylation is 1. The van der Waals surface area contributed by atoms with E-state index in [2.05, 4.69) is 45.7 Å². The van der Waals surface area contributed by atoms with E-state index in [1.807, 2.05) is 6.20 Å². The Hall–Kier alpha value is -0.610. The maximum Gasteiger partial charge on any atom is 0.143 e. The van der Waals surface area contributed by atoms with Gasteiger partial charge in [-0.15, -0.1) is 0 Å². The highest BCUT2D eigenvalue weighted by atomic mass is 79.9. The van der Waals surface area contributed by atoms with Gasteiger partial charge in [0.1, 0.15) is 5.82 Å². The molecule has 2 unspecified atom stereocenters. The van der Waals surface area contributed by atoms with Crippen LogP contribution in [0.25, 0.3) is 0 Å². The molecule has 3 nitrogen and oxygen atoms in total. The monoisotopic (exact) mass is 283 g/mol. The summed E-state index contributed by atoms with van der Waals surface area (Å²) < 4.78 is 1.08. The molecule has 0 amide bonds. The first-order valence-corrected chi connectivity index (χ1v) is 6.50. The molecule has 1 aliphatic heterocycles. The summed E-state index contributed by atoms with van der Waals surface area (Å²) in [4.78, 5) is 6.87. The van der Waals surface area contributed by atoms with E-state index in [0.717, 1.165) is 23.4 Å². The molecule has 1 aliphatic rings. The van der Waals surface area contributed by atoms with Crippen LogP contribution < -0.4 is 10.6 Å². The van der Waals surface area contributed by atoms with E-state index in [1.54, 1.807) is 0 Å². The van der Waals surface area contributed by atoms with Crippen molar-refractivity contribution in [3.63, 3.8) is 0 Å². The summed E-state index contributed by atoms with van der Waals surface area (Å²) in [5.74, 6) is 1.65. The van der Waals surface area contributed by atoms with Crippen molar-refractivity contribution in [2.75, 3.05) is 18.0 Å². The molecule has 0 aromatic carbocycles. The maximum absolute atomic E-state index is 5.74. The van der Waals surface area contributed by atoms with E-state index in [1.165, 1.54) is 12.0 Å². The molecular weight excluding hydrogens is 266 g/mol. The molecule has 0 bridgehead atoms. The van der Waals surface area contributed by atoms with Crippen LogP contribution in [0.5, 0.6) is 0 Å². The fourth-order valence-electron chi connectivity index (χ4n) is 2.35. The summed E-state index contributed by atoms with van der Waals surface area (Å²) in [5, 5.41) is 0. The highest BCUT2D eigenvalue weighted by Crippen LogP contribution is 2.32. The molecule has 0 aliphatic carbocycles. The molecule has 4 heteroatoms. The molecule has 88 valence electrons. The zero-order chi connectivity index (χ0) is 11.7. The van der Waals surface area contributed by atoms with Gasteiger partial charge in [-0.3, -0.25) is 0 Å². The van der Waals surface area contributed by atoms with Crippen LogP contribution in [0.2, 0.25) is 0 Å². The molecule has 1 fully saturated rings. The molecule has 0 saturated carbocycles. The van der Waals surface area contributed by atoms with Crippen LogP contribution in [0.4, 0.5) is 5.82 Å². The van der Waals surface area contributed by atoms with Crippen molar-refractivity contribution >= 4 is 21.7 Å². The number of pyridine rings is 1. The second-order valence-electron chi connectivity index (χ2n) is 4.66. The number of nitrogens with two attached hydrogens (primary N) is 1. The average molecular weight is 284 g/mol. The minimum absolute atomic E-state index is 0.528. The zero-order valence-corrected chi connectivity index (χ0v) is 11.4. The van der Waals surface area contributed by atoms with Crippen LogP contribution in [0.3, 0.4) is 0 Å². The van der Waals surface area contributed by atoms with E-state index in [4.69, 9.17) is 5.73 Å². The zero-order valence-electron chi connectivity index (χ0n) is 9.78. The maximum atomic E-state index is 5.74. The first kappa shape index (κ1) is 11.9. The highest BCUT2D eigenvalue weighted by Gasteiger charge is 2.29. The van der Waals surface area contributed by atoms with Gasteiger partial charge < -0.3 is 10.6 Å². The largest absolute Gasteiger partial charge is 0.353 e. The van der Waals surface area contributed by atoms with E-state index in [-0.39, 0.29) is 0 Å². The third-order valence-corrected chi connectivity index (χ3v) is 3.81. The highest BCUT2D eigenvalue weighted by molar-refractivity contribution is 9.10. The Morgan fingerprint density at radius 2 is 2.38 bits per heavy atom. The Bertz CT molecular complexity index is 381. The summed E-state index contributed by atoms with van der Waals surface area (Å²) in [5.41, 5.74) is 6.92. The fourth-order valence-corrected chi connectivity index (χ4v) is 3.04. The summed E-state index contributed by atoms with van der Waals surface area (Å²) in [6.45, 7) is 6.08. The van der Waals surface area contributed by atoms with Crippen LogP contribution in [0, 0.1) is 12.8 Å². The molecule has 2 atom stereocenters. The van der Waals surface area contributed by atoms with E-state index in [0.29, 0.717) is 12.0 Å². The van der Waals surface area contributed by atoms with Gasteiger partial charge in [-0.1, -0.05) is 0 Å². The Labute approximate surface area is 105 Å². The van der Waals surface area contributed by atoms with Gasteiger partial charge >= 0.3 is 0 Å². The lowest BCUT2D eigenvalue weighted by Gasteiger charge is -2.23. The van der Waals surface area contributed by atoms with Gasteiger partial charge in [0.2, 0.25) is 0 Å². The van der Waals surface area contributed by atoms with Crippen molar-refractivity contribution in [3.05, 3.63) is 22.3 Å². The molecule has 2 rings (SSSR count). The molecule has 16 heavy (non-hydrogen) atoms. The molecule has 1 aromatic rings. The van der Waals surface area contributed by atoms with Crippen LogP contribution in [-0.4, -0.2) is 24.1 Å². The average Bonchev–Trinajstić information content (AvgIpc) is 2.60. The van der Waals surface area contributed by atoms with Gasteiger partial charge in [-0.25, -0.2) is 4.98 Å². The van der Waals surface area contributed by atoms with E-state index < -0.39 is 0 Å². The fraction of sp³-hybridized carbons (Fsp3) is 0.583. The number of nitrogens with zero attached hydrogens (tertiary/aromatic N) is 2. The van der Waals surface area contributed by atoms with E-state index >= 15 is 0 Å². The molecule has 0 radical (unpaired) electrons. The minimum Gasteiger partial charge on any atom is -0.353 e. The number of rotatable bonds is 2. The van der Waals surface area contributed by atoms with Gasteiger partial charge in [0, 0.05) is 18.8 Å². The molecule has 2 N–H and O–H groups in total.